The van der Waals surface area contributed by atoms with Crippen LogP contribution in [0.5, 0.6) is 5.75 Å². The van der Waals surface area contributed by atoms with Crippen LogP contribution < -0.4 is 9.04 Å². The first-order valence-corrected chi connectivity index (χ1v) is 12.6. The van der Waals surface area contributed by atoms with Gasteiger partial charge in [-0.2, -0.15) is 0 Å². The summed E-state index contributed by atoms with van der Waals surface area (Å²) < 4.78 is 50.1. The first kappa shape index (κ1) is 24.4. The third-order valence-corrected chi connectivity index (χ3v) is 6.74. The largest absolute Gasteiger partial charge is 0.514 e. The third-order valence-electron chi connectivity index (χ3n) is 5.56. The van der Waals surface area contributed by atoms with Crippen LogP contribution >= 0.6 is 0 Å². The Bertz CT molecular complexity index is 1420. The molecule has 0 aliphatic carbocycles. The van der Waals surface area contributed by atoms with Gasteiger partial charge in [0, 0.05) is 37.3 Å². The van der Waals surface area contributed by atoms with Crippen LogP contribution in [0.4, 0.5) is 14.9 Å². The van der Waals surface area contributed by atoms with E-state index in [1.807, 2.05) is 0 Å². The van der Waals surface area contributed by atoms with Crippen molar-refractivity contribution < 1.29 is 31.9 Å². The molecular weight excluding hydrogens is 477 g/mol. The van der Waals surface area contributed by atoms with Crippen LogP contribution in [0.3, 0.4) is 0 Å². The van der Waals surface area contributed by atoms with E-state index in [9.17, 15) is 22.4 Å². The fourth-order valence-electron chi connectivity index (χ4n) is 3.98. The molecule has 11 heteroatoms. The number of pyridine rings is 1. The Hall–Kier alpha value is -3.73. The Labute approximate surface area is 202 Å². The van der Waals surface area contributed by atoms with Crippen molar-refractivity contribution in [1.29, 1.82) is 0 Å². The molecule has 1 aromatic heterocycles. The zero-order valence-corrected chi connectivity index (χ0v) is 20.4. The fraction of sp³-hybridized carbons (Fsp3) is 0.292. The van der Waals surface area contributed by atoms with Crippen molar-refractivity contribution >= 4 is 38.7 Å². The van der Waals surface area contributed by atoms with E-state index >= 15 is 0 Å². The molecule has 0 bridgehead atoms. The van der Waals surface area contributed by atoms with E-state index in [0.29, 0.717) is 16.5 Å². The molecule has 0 N–H and O–H groups in total. The normalized spacial score (nSPS) is 13.3. The Kier molecular flexibility index (Phi) is 6.37. The van der Waals surface area contributed by atoms with Crippen LogP contribution in [0.2, 0.25) is 0 Å². The molecule has 0 fully saturated rings. The van der Waals surface area contributed by atoms with Crippen molar-refractivity contribution in [3.8, 4) is 5.75 Å². The summed E-state index contributed by atoms with van der Waals surface area (Å²) in [7, 11) is -2.33. The van der Waals surface area contributed by atoms with Gasteiger partial charge in [0.05, 0.1) is 23.6 Å². The molecule has 184 valence electrons. The number of nitrogens with zero attached hydrogens (tertiary/aromatic N) is 3. The first-order chi connectivity index (χ1) is 16.5. The molecule has 2 heterocycles. The summed E-state index contributed by atoms with van der Waals surface area (Å²) in [5, 5.41) is 0.392. The van der Waals surface area contributed by atoms with E-state index in [-0.39, 0.29) is 35.6 Å². The Morgan fingerprint density at radius 1 is 1.23 bits per heavy atom. The zero-order chi connectivity index (χ0) is 25.5. The number of hydrogen-bond donors (Lipinski definition) is 0. The Morgan fingerprint density at radius 3 is 2.54 bits per heavy atom. The number of benzene rings is 2. The van der Waals surface area contributed by atoms with E-state index in [4.69, 9.17) is 9.47 Å². The van der Waals surface area contributed by atoms with Crippen LogP contribution in [-0.2, 0) is 27.8 Å². The average molecular weight is 502 g/mol. The highest BCUT2D eigenvalue weighted by molar-refractivity contribution is 7.92. The topological polar surface area (TPSA) is 106 Å². The third kappa shape index (κ3) is 4.76. The number of hydrogen-bond acceptors (Lipinski definition) is 7. The van der Waals surface area contributed by atoms with E-state index in [2.05, 4.69) is 4.98 Å². The number of sulfonamides is 1. The van der Waals surface area contributed by atoms with Crippen LogP contribution in [0.25, 0.3) is 10.9 Å². The van der Waals surface area contributed by atoms with Gasteiger partial charge in [-0.05, 0) is 43.7 Å². The average Bonchev–Trinajstić information content (AvgIpc) is 3.09. The van der Waals surface area contributed by atoms with Crippen molar-refractivity contribution in [2.45, 2.75) is 33.0 Å². The predicted octanol–water partition coefficient (Wildman–Crippen LogP) is 3.85. The lowest BCUT2D eigenvalue weighted by molar-refractivity contribution is 0.0714. The number of amides is 1. The summed E-state index contributed by atoms with van der Waals surface area (Å²) >= 11 is 0. The van der Waals surface area contributed by atoms with Crippen LogP contribution in [-0.4, -0.2) is 49.8 Å². The molecule has 0 atom stereocenters. The van der Waals surface area contributed by atoms with E-state index in [0.717, 1.165) is 10.6 Å². The zero-order valence-electron chi connectivity index (χ0n) is 19.6. The monoisotopic (exact) mass is 501 g/mol. The van der Waals surface area contributed by atoms with Gasteiger partial charge < -0.3 is 14.4 Å². The number of aromatic nitrogens is 1. The maximum absolute atomic E-state index is 13.6. The van der Waals surface area contributed by atoms with Crippen LogP contribution in [0, 0.1) is 5.82 Å². The lowest BCUT2D eigenvalue weighted by Crippen LogP contribution is -2.27. The lowest BCUT2D eigenvalue weighted by atomic mass is 10.0. The van der Waals surface area contributed by atoms with Crippen molar-refractivity contribution in [2.24, 2.45) is 0 Å². The summed E-state index contributed by atoms with van der Waals surface area (Å²) in [5.41, 5.74) is 1.50. The quantitative estimate of drug-likeness (QED) is 0.373. The van der Waals surface area contributed by atoms with Gasteiger partial charge >= 0.3 is 6.16 Å². The minimum atomic E-state index is -3.72. The van der Waals surface area contributed by atoms with Crippen molar-refractivity contribution in [1.82, 2.24) is 9.88 Å². The molecule has 1 aliphatic heterocycles. The van der Waals surface area contributed by atoms with Crippen molar-refractivity contribution in [3.63, 3.8) is 0 Å². The molecule has 0 radical (unpaired) electrons. The summed E-state index contributed by atoms with van der Waals surface area (Å²) in [6.07, 6.45) is 1.04. The molecule has 35 heavy (non-hydrogen) atoms. The minimum Gasteiger partial charge on any atom is -0.431 e. The number of carbonyl (C=O) groups is 2. The molecule has 4 rings (SSSR count). The number of anilines is 1. The van der Waals surface area contributed by atoms with E-state index in [1.54, 1.807) is 38.1 Å². The number of carbonyl (C=O) groups excluding carboxylic acids is 2. The second kappa shape index (κ2) is 9.14. The number of ether oxygens (including phenoxy) is 2. The summed E-state index contributed by atoms with van der Waals surface area (Å²) in [4.78, 5) is 31.8. The van der Waals surface area contributed by atoms with Gasteiger partial charge in [0.2, 0.25) is 10.0 Å². The van der Waals surface area contributed by atoms with Gasteiger partial charge in [-0.25, -0.2) is 17.6 Å². The SMILES string of the molecule is CC(C)OC(=O)Oc1c2c(c(N(C)S(C)(=O)=O)c3cccnc13)CN(Cc1ccc(F)cc1)C2=O. The molecule has 3 aromatic rings. The smallest absolute Gasteiger partial charge is 0.431 e. The van der Waals surface area contributed by atoms with Gasteiger partial charge in [-0.15, -0.1) is 0 Å². The molecule has 0 saturated heterocycles. The van der Waals surface area contributed by atoms with Crippen LogP contribution in [0.15, 0.2) is 42.6 Å². The maximum atomic E-state index is 13.6. The highest BCUT2D eigenvalue weighted by Crippen LogP contribution is 2.45. The summed E-state index contributed by atoms with van der Waals surface area (Å²) in [5.74, 6) is -0.982. The molecule has 2 aromatic carbocycles. The number of rotatable bonds is 6. The van der Waals surface area contributed by atoms with Crippen LogP contribution in [0.1, 0.15) is 35.3 Å². The molecular formula is C24H24FN3O6S. The molecule has 0 spiro atoms. The highest BCUT2D eigenvalue weighted by atomic mass is 32.2. The lowest BCUT2D eigenvalue weighted by Gasteiger charge is -2.23. The molecule has 1 aliphatic rings. The van der Waals surface area contributed by atoms with E-state index in [1.165, 1.54) is 30.3 Å². The summed E-state index contributed by atoms with van der Waals surface area (Å²) in [6, 6.07) is 8.97. The molecule has 9 nitrogen and oxygen atoms in total. The van der Waals surface area contributed by atoms with Gasteiger partial charge in [0.15, 0.2) is 5.75 Å². The fourth-order valence-corrected chi connectivity index (χ4v) is 4.52. The molecule has 0 saturated carbocycles. The number of fused-ring (bicyclic) bond motifs is 2. The highest BCUT2D eigenvalue weighted by Gasteiger charge is 2.38. The summed E-state index contributed by atoms with van der Waals surface area (Å²) in [6.45, 7) is 3.49. The van der Waals surface area contributed by atoms with Gasteiger partial charge in [-0.3, -0.25) is 14.1 Å². The maximum Gasteiger partial charge on any atom is 0.514 e. The molecule has 1 amide bonds. The predicted molar refractivity (Wildman–Crippen MR) is 127 cm³/mol. The molecule has 0 unspecified atom stereocenters. The minimum absolute atomic E-state index is 0.0320. The van der Waals surface area contributed by atoms with Crippen molar-refractivity contribution in [3.05, 3.63) is 65.1 Å². The Balaban J connectivity index is 1.91. The van der Waals surface area contributed by atoms with E-state index < -0.39 is 34.0 Å². The van der Waals surface area contributed by atoms with Crippen molar-refractivity contribution in [2.75, 3.05) is 17.6 Å². The van der Waals surface area contributed by atoms with Gasteiger partial charge in [-0.1, -0.05) is 12.1 Å². The standard InChI is InChI=1S/C24H24FN3O6S/c1-14(2)33-24(30)34-22-19-18(13-28(23(19)29)12-15-7-9-16(25)10-8-15)21(27(3)35(4,31)32)17-6-5-11-26-20(17)22/h5-11,14H,12-13H2,1-4H3. The second-order valence-corrected chi connectivity index (χ2v) is 10.5. The first-order valence-electron chi connectivity index (χ1n) is 10.8. The second-order valence-electron chi connectivity index (χ2n) is 8.47. The van der Waals surface area contributed by atoms with Gasteiger partial charge in [0.25, 0.3) is 5.91 Å². The Morgan fingerprint density at radius 2 is 1.91 bits per heavy atom. The van der Waals surface area contributed by atoms with Gasteiger partial charge in [0.1, 0.15) is 11.3 Å². The number of halogens is 1.